The number of halogens is 1. The van der Waals surface area contributed by atoms with Crippen LogP contribution in [0.25, 0.3) is 22.1 Å². The van der Waals surface area contributed by atoms with Gasteiger partial charge in [0.25, 0.3) is 0 Å². The lowest BCUT2D eigenvalue weighted by molar-refractivity contribution is 0.0734. The molecule has 4 aromatic rings. The number of hydrogen-bond donors (Lipinski definition) is 0. The molecule has 3 aromatic carbocycles. The highest BCUT2D eigenvalue weighted by Crippen LogP contribution is 2.32. The number of esters is 1. The van der Waals surface area contributed by atoms with E-state index in [1.54, 1.807) is 36.4 Å². The van der Waals surface area contributed by atoms with Gasteiger partial charge in [0, 0.05) is 11.5 Å². The molecule has 0 bridgehead atoms. The van der Waals surface area contributed by atoms with Crippen LogP contribution in [-0.4, -0.2) is 20.2 Å². The van der Waals surface area contributed by atoms with Crippen LogP contribution in [0, 0.1) is 5.82 Å². The Hall–Kier alpha value is -4.13. The van der Waals surface area contributed by atoms with Gasteiger partial charge in [0.2, 0.25) is 0 Å². The summed E-state index contributed by atoms with van der Waals surface area (Å²) in [6, 6.07) is 16.6. The predicted molar refractivity (Wildman–Crippen MR) is 112 cm³/mol. The Kier molecular flexibility index (Phi) is 5.41. The fourth-order valence-electron chi connectivity index (χ4n) is 3.14. The van der Waals surface area contributed by atoms with Crippen LogP contribution in [-0.2, 0) is 0 Å². The highest BCUT2D eigenvalue weighted by Gasteiger charge is 2.14. The minimum Gasteiger partial charge on any atom is -0.493 e. The molecule has 0 fully saturated rings. The molecule has 0 spiro atoms. The molecule has 0 radical (unpaired) electrons. The third-order valence-electron chi connectivity index (χ3n) is 4.67. The van der Waals surface area contributed by atoms with Gasteiger partial charge in [-0.3, -0.25) is 0 Å². The summed E-state index contributed by atoms with van der Waals surface area (Å²) in [5.74, 6) is -0.0612. The van der Waals surface area contributed by atoms with Crippen molar-refractivity contribution in [2.24, 2.45) is 0 Å². The first kappa shape index (κ1) is 20.2. The predicted octanol–water partition coefficient (Wildman–Crippen LogP) is 4.84. The van der Waals surface area contributed by atoms with E-state index in [2.05, 4.69) is 0 Å². The number of carbonyl (C=O) groups is 1. The summed E-state index contributed by atoms with van der Waals surface area (Å²) in [4.78, 5) is 24.8. The van der Waals surface area contributed by atoms with Crippen molar-refractivity contribution in [3.05, 3.63) is 88.5 Å². The third-order valence-corrected chi connectivity index (χ3v) is 4.67. The summed E-state index contributed by atoms with van der Waals surface area (Å²) in [7, 11) is 3.04. The van der Waals surface area contributed by atoms with Crippen LogP contribution < -0.4 is 19.8 Å². The molecule has 156 valence electrons. The molecule has 4 rings (SSSR count). The van der Waals surface area contributed by atoms with Crippen molar-refractivity contribution in [2.75, 3.05) is 14.2 Å². The number of methoxy groups -OCH3 is 2. The second-order valence-corrected chi connectivity index (χ2v) is 6.62. The maximum atomic E-state index is 13.3. The van der Waals surface area contributed by atoms with Crippen LogP contribution in [0.1, 0.15) is 10.4 Å². The van der Waals surface area contributed by atoms with Crippen molar-refractivity contribution in [1.82, 2.24) is 0 Å². The molecular weight excluding hydrogens is 403 g/mol. The lowest BCUT2D eigenvalue weighted by Gasteiger charge is -2.10. The first-order valence-corrected chi connectivity index (χ1v) is 9.26. The number of benzene rings is 3. The summed E-state index contributed by atoms with van der Waals surface area (Å²) in [6.07, 6.45) is 0. The molecule has 7 heteroatoms. The second-order valence-electron chi connectivity index (χ2n) is 6.62. The van der Waals surface area contributed by atoms with Crippen LogP contribution >= 0.6 is 0 Å². The van der Waals surface area contributed by atoms with E-state index in [0.717, 1.165) is 6.07 Å². The molecule has 0 saturated carbocycles. The highest BCUT2D eigenvalue weighted by molar-refractivity contribution is 5.92. The van der Waals surface area contributed by atoms with Gasteiger partial charge in [-0.15, -0.1) is 0 Å². The average molecular weight is 420 g/mol. The van der Waals surface area contributed by atoms with Crippen LogP contribution in [0.3, 0.4) is 0 Å². The van der Waals surface area contributed by atoms with Crippen molar-refractivity contribution < 1.29 is 27.8 Å². The summed E-state index contributed by atoms with van der Waals surface area (Å²) >= 11 is 0. The zero-order chi connectivity index (χ0) is 22.0. The molecule has 0 unspecified atom stereocenters. The maximum Gasteiger partial charge on any atom is 0.344 e. The average Bonchev–Trinajstić information content (AvgIpc) is 2.78. The van der Waals surface area contributed by atoms with Crippen molar-refractivity contribution in [2.45, 2.75) is 0 Å². The smallest absolute Gasteiger partial charge is 0.344 e. The van der Waals surface area contributed by atoms with E-state index in [-0.39, 0.29) is 16.9 Å². The van der Waals surface area contributed by atoms with Gasteiger partial charge in [-0.1, -0.05) is 12.1 Å². The van der Waals surface area contributed by atoms with Gasteiger partial charge in [-0.2, -0.15) is 0 Å². The van der Waals surface area contributed by atoms with Gasteiger partial charge in [-0.25, -0.2) is 14.0 Å². The molecule has 0 N–H and O–H groups in total. The van der Waals surface area contributed by atoms with Gasteiger partial charge in [0.1, 0.15) is 17.1 Å². The quantitative estimate of drug-likeness (QED) is 0.261. The van der Waals surface area contributed by atoms with E-state index in [0.29, 0.717) is 28.0 Å². The van der Waals surface area contributed by atoms with Gasteiger partial charge < -0.3 is 18.6 Å². The maximum absolute atomic E-state index is 13.3. The summed E-state index contributed by atoms with van der Waals surface area (Å²) in [5.41, 5.74) is 0.713. The SMILES string of the molecule is COc1ccc(-c2cc3ccc(OC(=O)c4cccc(F)c4)cc3oc2=O)cc1OC. The number of rotatable bonds is 5. The van der Waals surface area contributed by atoms with Gasteiger partial charge >= 0.3 is 11.6 Å². The number of ether oxygens (including phenoxy) is 3. The fourth-order valence-corrected chi connectivity index (χ4v) is 3.14. The lowest BCUT2D eigenvalue weighted by atomic mass is 10.1. The lowest BCUT2D eigenvalue weighted by Crippen LogP contribution is -2.09. The molecule has 0 amide bonds. The Morgan fingerprint density at radius 2 is 1.71 bits per heavy atom. The third kappa shape index (κ3) is 4.11. The summed E-state index contributed by atoms with van der Waals surface area (Å²) < 4.78 is 34.6. The minimum atomic E-state index is -0.719. The normalized spacial score (nSPS) is 10.7. The topological polar surface area (TPSA) is 75.0 Å². The van der Waals surface area contributed by atoms with Crippen molar-refractivity contribution in [1.29, 1.82) is 0 Å². The Morgan fingerprint density at radius 3 is 2.45 bits per heavy atom. The molecule has 31 heavy (non-hydrogen) atoms. The molecule has 0 saturated heterocycles. The molecule has 0 aliphatic carbocycles. The minimum absolute atomic E-state index is 0.0744. The second kappa shape index (κ2) is 8.31. The van der Waals surface area contributed by atoms with Crippen molar-refractivity contribution in [3.63, 3.8) is 0 Å². The van der Waals surface area contributed by atoms with Crippen LogP contribution in [0.4, 0.5) is 4.39 Å². The van der Waals surface area contributed by atoms with Gasteiger partial charge in [-0.05, 0) is 54.1 Å². The Balaban J connectivity index is 1.67. The molecule has 0 atom stereocenters. The highest BCUT2D eigenvalue weighted by atomic mass is 19.1. The number of hydrogen-bond acceptors (Lipinski definition) is 6. The monoisotopic (exact) mass is 420 g/mol. The standard InChI is InChI=1S/C24H17FO6/c1-28-20-9-7-14(12-22(20)29-2)19-11-15-6-8-18(13-21(15)31-24(19)27)30-23(26)16-4-3-5-17(25)10-16/h3-13H,1-2H3. The van der Waals surface area contributed by atoms with E-state index in [1.807, 2.05) is 0 Å². The molecule has 0 aliphatic rings. The molecule has 1 heterocycles. The molecular formula is C24H17FO6. The number of carbonyl (C=O) groups excluding carboxylic acids is 1. The fraction of sp³-hybridized carbons (Fsp3) is 0.0833. The zero-order valence-electron chi connectivity index (χ0n) is 16.7. The van der Waals surface area contributed by atoms with E-state index >= 15 is 0 Å². The molecule has 6 nitrogen and oxygen atoms in total. The summed E-state index contributed by atoms with van der Waals surface area (Å²) in [5, 5.41) is 0.634. The van der Waals surface area contributed by atoms with Crippen molar-refractivity contribution >= 4 is 16.9 Å². The molecule has 0 aliphatic heterocycles. The van der Waals surface area contributed by atoms with Gasteiger partial charge in [0.15, 0.2) is 11.5 Å². The van der Waals surface area contributed by atoms with E-state index in [4.69, 9.17) is 18.6 Å². The number of fused-ring (bicyclic) bond motifs is 1. The first-order chi connectivity index (χ1) is 15.0. The Morgan fingerprint density at radius 1 is 0.903 bits per heavy atom. The van der Waals surface area contributed by atoms with Gasteiger partial charge in [0.05, 0.1) is 25.3 Å². The van der Waals surface area contributed by atoms with E-state index < -0.39 is 17.4 Å². The summed E-state index contributed by atoms with van der Waals surface area (Å²) in [6.45, 7) is 0. The Labute approximate surface area is 176 Å². The van der Waals surface area contributed by atoms with E-state index in [1.165, 1.54) is 38.5 Å². The molecule has 1 aromatic heterocycles. The zero-order valence-corrected chi connectivity index (χ0v) is 16.7. The van der Waals surface area contributed by atoms with Crippen LogP contribution in [0.5, 0.6) is 17.2 Å². The van der Waals surface area contributed by atoms with Crippen LogP contribution in [0.2, 0.25) is 0 Å². The van der Waals surface area contributed by atoms with Crippen molar-refractivity contribution in [3.8, 4) is 28.4 Å². The largest absolute Gasteiger partial charge is 0.493 e. The van der Waals surface area contributed by atoms with Crippen LogP contribution in [0.15, 0.2) is 75.9 Å². The van der Waals surface area contributed by atoms with E-state index in [9.17, 15) is 14.0 Å². The first-order valence-electron chi connectivity index (χ1n) is 9.26. The Bertz CT molecular complexity index is 1340.